The Bertz CT molecular complexity index is 143. The van der Waals surface area contributed by atoms with E-state index in [1.54, 1.807) is 14.2 Å². The average Bonchev–Trinajstić information content (AvgIpc) is 2.20. The van der Waals surface area contributed by atoms with Gasteiger partial charge in [-0.1, -0.05) is 13.8 Å². The minimum absolute atomic E-state index is 1.10. The van der Waals surface area contributed by atoms with Gasteiger partial charge in [-0.15, -0.1) is 0 Å². The second kappa shape index (κ2) is 9.24. The van der Waals surface area contributed by atoms with E-state index in [2.05, 4.69) is 24.9 Å². The van der Waals surface area contributed by atoms with Crippen LogP contribution in [0, 0.1) is 0 Å². The maximum absolute atomic E-state index is 5.17. The van der Waals surface area contributed by atoms with Crippen molar-refractivity contribution >= 4 is 9.28 Å². The van der Waals surface area contributed by atoms with Gasteiger partial charge in [-0.2, -0.15) is 0 Å². The Hall–Kier alpha value is -0.323. The molecule has 0 amide bonds. The molecule has 0 aromatic heterocycles. The van der Waals surface area contributed by atoms with E-state index in [4.69, 9.17) is 8.85 Å². The normalized spacial score (nSPS) is 11.5. The first-order valence-electron chi connectivity index (χ1n) is 5.15. The van der Waals surface area contributed by atoms with E-state index < -0.39 is 9.28 Å². The SMILES string of the molecule is CCCN(C=C[Si](OC)OC)CCC. The smallest absolute Gasteiger partial charge is 0.394 e. The zero-order valence-electron chi connectivity index (χ0n) is 9.75. The largest absolute Gasteiger partial charge is 0.416 e. The molecule has 0 atom stereocenters. The molecule has 0 bridgehead atoms. The molecule has 4 heteroatoms. The monoisotopic (exact) mass is 216 g/mol. The molecule has 0 fully saturated rings. The highest BCUT2D eigenvalue weighted by atomic mass is 28.3. The average molecular weight is 216 g/mol. The van der Waals surface area contributed by atoms with Gasteiger partial charge in [0.2, 0.25) is 0 Å². The fourth-order valence-electron chi connectivity index (χ4n) is 1.22. The zero-order chi connectivity index (χ0) is 10.8. The lowest BCUT2D eigenvalue weighted by Gasteiger charge is -2.18. The highest BCUT2D eigenvalue weighted by molar-refractivity contribution is 6.50. The summed E-state index contributed by atoms with van der Waals surface area (Å²) in [6.45, 7) is 6.59. The predicted octanol–water partition coefficient (Wildman–Crippen LogP) is 1.94. The van der Waals surface area contributed by atoms with Gasteiger partial charge in [0.15, 0.2) is 0 Å². The van der Waals surface area contributed by atoms with Crippen LogP contribution in [0.1, 0.15) is 26.7 Å². The van der Waals surface area contributed by atoms with Crippen LogP contribution in [0.2, 0.25) is 0 Å². The molecule has 0 rings (SSSR count). The van der Waals surface area contributed by atoms with E-state index in [9.17, 15) is 0 Å². The summed E-state index contributed by atoms with van der Waals surface area (Å²) in [7, 11) is 2.20. The number of rotatable bonds is 8. The first kappa shape index (κ1) is 13.7. The highest BCUT2D eigenvalue weighted by Gasteiger charge is 2.06. The molecule has 83 valence electrons. The van der Waals surface area contributed by atoms with Crippen molar-refractivity contribution in [2.45, 2.75) is 26.7 Å². The molecule has 3 nitrogen and oxygen atoms in total. The number of nitrogens with zero attached hydrogens (tertiary/aromatic N) is 1. The number of hydrogen-bond acceptors (Lipinski definition) is 3. The molecule has 0 saturated heterocycles. The summed E-state index contributed by atoms with van der Waals surface area (Å²) in [6, 6.07) is 0. The minimum atomic E-state index is -1.18. The standard InChI is InChI=1S/C10H22NO2Si/c1-5-7-11(8-6-2)9-10-14(12-3)13-4/h9-10H,5-8H2,1-4H3. The maximum Gasteiger partial charge on any atom is 0.416 e. The third kappa shape index (κ3) is 6.18. The van der Waals surface area contributed by atoms with Crippen molar-refractivity contribution in [2.75, 3.05) is 27.3 Å². The molecule has 0 aromatic rings. The van der Waals surface area contributed by atoms with Gasteiger partial charge in [0, 0.05) is 27.3 Å². The molecule has 0 aromatic carbocycles. The Kier molecular flexibility index (Phi) is 9.03. The number of hydrogen-bond donors (Lipinski definition) is 0. The van der Waals surface area contributed by atoms with Gasteiger partial charge < -0.3 is 13.8 Å². The quantitative estimate of drug-likeness (QED) is 0.579. The summed E-state index contributed by atoms with van der Waals surface area (Å²) in [6.07, 6.45) is 4.45. The summed E-state index contributed by atoms with van der Waals surface area (Å²) in [4.78, 5) is 2.31. The molecule has 0 saturated carbocycles. The van der Waals surface area contributed by atoms with Crippen LogP contribution in [-0.4, -0.2) is 41.5 Å². The molecule has 0 aliphatic rings. The Morgan fingerprint density at radius 1 is 1.07 bits per heavy atom. The lowest BCUT2D eigenvalue weighted by molar-refractivity contribution is 0.289. The Morgan fingerprint density at radius 3 is 1.93 bits per heavy atom. The van der Waals surface area contributed by atoms with E-state index in [0.717, 1.165) is 13.1 Å². The van der Waals surface area contributed by atoms with Gasteiger partial charge >= 0.3 is 9.28 Å². The second-order valence-electron chi connectivity index (χ2n) is 3.08. The second-order valence-corrected chi connectivity index (χ2v) is 4.87. The summed E-state index contributed by atoms with van der Waals surface area (Å²) in [5.41, 5.74) is 2.04. The van der Waals surface area contributed by atoms with E-state index in [1.807, 2.05) is 5.70 Å². The van der Waals surface area contributed by atoms with Crippen molar-refractivity contribution in [3.8, 4) is 0 Å². The van der Waals surface area contributed by atoms with Gasteiger partial charge in [0.1, 0.15) is 0 Å². The van der Waals surface area contributed by atoms with Crippen LogP contribution >= 0.6 is 0 Å². The van der Waals surface area contributed by atoms with Crippen molar-refractivity contribution in [1.82, 2.24) is 4.90 Å². The predicted molar refractivity (Wildman–Crippen MR) is 61.1 cm³/mol. The molecule has 1 radical (unpaired) electrons. The van der Waals surface area contributed by atoms with E-state index in [1.165, 1.54) is 12.8 Å². The van der Waals surface area contributed by atoms with Crippen LogP contribution in [0.5, 0.6) is 0 Å². The molecule has 14 heavy (non-hydrogen) atoms. The summed E-state index contributed by atoms with van der Waals surface area (Å²) in [5.74, 6) is 0. The van der Waals surface area contributed by atoms with Crippen molar-refractivity contribution in [2.24, 2.45) is 0 Å². The molecule has 0 aliphatic carbocycles. The third-order valence-corrected chi connectivity index (χ3v) is 3.07. The fraction of sp³-hybridized carbons (Fsp3) is 0.800. The van der Waals surface area contributed by atoms with Crippen LogP contribution < -0.4 is 0 Å². The van der Waals surface area contributed by atoms with Crippen LogP contribution in [0.25, 0.3) is 0 Å². The molecule has 0 unspecified atom stereocenters. The van der Waals surface area contributed by atoms with Crippen molar-refractivity contribution < 1.29 is 8.85 Å². The van der Waals surface area contributed by atoms with Gasteiger partial charge in [0.05, 0.1) is 0 Å². The van der Waals surface area contributed by atoms with Crippen LogP contribution in [-0.2, 0) is 8.85 Å². The minimum Gasteiger partial charge on any atom is -0.394 e. The van der Waals surface area contributed by atoms with Crippen LogP contribution in [0.3, 0.4) is 0 Å². The highest BCUT2D eigenvalue weighted by Crippen LogP contribution is 1.97. The molecule has 0 heterocycles. The van der Waals surface area contributed by atoms with E-state index in [-0.39, 0.29) is 0 Å². The summed E-state index contributed by atoms with van der Waals surface area (Å²) < 4.78 is 10.3. The Morgan fingerprint density at radius 2 is 1.57 bits per heavy atom. The molecule has 0 N–H and O–H groups in total. The first-order valence-corrected chi connectivity index (χ1v) is 6.55. The van der Waals surface area contributed by atoms with Crippen molar-refractivity contribution in [3.05, 3.63) is 11.9 Å². The lowest BCUT2D eigenvalue weighted by Crippen LogP contribution is -2.22. The topological polar surface area (TPSA) is 21.7 Å². The Labute approximate surface area is 89.5 Å². The van der Waals surface area contributed by atoms with E-state index >= 15 is 0 Å². The molecule has 0 spiro atoms. The van der Waals surface area contributed by atoms with Crippen LogP contribution in [0.4, 0.5) is 0 Å². The first-order chi connectivity index (χ1) is 6.78. The fourth-order valence-corrected chi connectivity index (χ4v) is 1.99. The zero-order valence-corrected chi connectivity index (χ0v) is 10.7. The maximum atomic E-state index is 5.17. The molecular formula is C10H22NO2Si. The summed E-state index contributed by atoms with van der Waals surface area (Å²) in [5, 5.41) is 0. The lowest BCUT2D eigenvalue weighted by atomic mass is 10.4. The van der Waals surface area contributed by atoms with Gasteiger partial charge in [-0.05, 0) is 24.7 Å². The van der Waals surface area contributed by atoms with Crippen molar-refractivity contribution in [3.63, 3.8) is 0 Å². The Balaban J connectivity index is 3.97. The molecule has 0 aliphatic heterocycles. The summed E-state index contributed by atoms with van der Waals surface area (Å²) >= 11 is 0. The van der Waals surface area contributed by atoms with Gasteiger partial charge in [-0.25, -0.2) is 0 Å². The van der Waals surface area contributed by atoms with Crippen LogP contribution in [0.15, 0.2) is 11.9 Å². The van der Waals surface area contributed by atoms with Gasteiger partial charge in [-0.3, -0.25) is 0 Å². The van der Waals surface area contributed by atoms with Crippen molar-refractivity contribution in [1.29, 1.82) is 0 Å². The molecular weight excluding hydrogens is 194 g/mol. The van der Waals surface area contributed by atoms with Gasteiger partial charge in [0.25, 0.3) is 0 Å². The third-order valence-electron chi connectivity index (χ3n) is 1.85. The van der Waals surface area contributed by atoms with E-state index in [0.29, 0.717) is 0 Å².